The van der Waals surface area contributed by atoms with Gasteiger partial charge in [0, 0.05) is 6.54 Å². The van der Waals surface area contributed by atoms with Crippen LogP contribution in [-0.4, -0.2) is 42.6 Å². The number of hydrogen-bond donors (Lipinski definition) is 0. The second-order valence-electron chi connectivity index (χ2n) is 5.14. The van der Waals surface area contributed by atoms with E-state index in [4.69, 9.17) is 9.47 Å². The summed E-state index contributed by atoms with van der Waals surface area (Å²) in [4.78, 5) is 25.9. The Balaban J connectivity index is 2.04. The van der Waals surface area contributed by atoms with Crippen molar-refractivity contribution in [1.29, 1.82) is 0 Å². The predicted octanol–water partition coefficient (Wildman–Crippen LogP) is 2.01. The van der Waals surface area contributed by atoms with Gasteiger partial charge in [0.2, 0.25) is 0 Å². The molecule has 0 aliphatic carbocycles. The molecule has 0 bridgehead atoms. The lowest BCUT2D eigenvalue weighted by atomic mass is 10.0. The Morgan fingerprint density at radius 1 is 1.24 bits per heavy atom. The van der Waals surface area contributed by atoms with E-state index in [0.29, 0.717) is 18.7 Å². The second kappa shape index (κ2) is 7.11. The number of likely N-dealkylation sites (tertiary alicyclic amines) is 1. The minimum absolute atomic E-state index is 0.172. The summed E-state index contributed by atoms with van der Waals surface area (Å²) in [5, 5.41) is 0. The van der Waals surface area contributed by atoms with Gasteiger partial charge in [-0.05, 0) is 38.3 Å². The molecular weight excluding hydrogens is 270 g/mol. The van der Waals surface area contributed by atoms with Gasteiger partial charge in [-0.1, -0.05) is 18.2 Å². The maximum absolute atomic E-state index is 12.5. The van der Waals surface area contributed by atoms with Crippen LogP contribution in [-0.2, 0) is 14.3 Å². The number of hydrogen-bond acceptors (Lipinski definition) is 4. The van der Waals surface area contributed by atoms with Gasteiger partial charge in [0.15, 0.2) is 6.10 Å². The normalized spacial score (nSPS) is 19.7. The van der Waals surface area contributed by atoms with Crippen molar-refractivity contribution >= 4 is 11.9 Å². The fourth-order valence-electron chi connectivity index (χ4n) is 2.56. The average molecular weight is 291 g/mol. The Morgan fingerprint density at radius 3 is 2.62 bits per heavy atom. The number of rotatable bonds is 4. The van der Waals surface area contributed by atoms with E-state index in [1.54, 1.807) is 24.0 Å². The van der Waals surface area contributed by atoms with Crippen LogP contribution >= 0.6 is 0 Å². The molecule has 5 nitrogen and oxygen atoms in total. The van der Waals surface area contributed by atoms with Gasteiger partial charge in [-0.3, -0.25) is 4.79 Å². The van der Waals surface area contributed by atoms with Crippen LogP contribution < -0.4 is 4.74 Å². The molecule has 0 radical (unpaired) electrons. The maximum Gasteiger partial charge on any atom is 0.328 e. The third-order valence-electron chi connectivity index (χ3n) is 3.66. The molecule has 1 unspecified atom stereocenters. The van der Waals surface area contributed by atoms with Crippen LogP contribution in [0.1, 0.15) is 26.2 Å². The van der Waals surface area contributed by atoms with E-state index >= 15 is 0 Å². The van der Waals surface area contributed by atoms with Crippen LogP contribution in [0.2, 0.25) is 0 Å². The molecule has 2 rings (SSSR count). The quantitative estimate of drug-likeness (QED) is 0.796. The van der Waals surface area contributed by atoms with Crippen LogP contribution in [0.3, 0.4) is 0 Å². The number of amides is 1. The Kier molecular flexibility index (Phi) is 5.20. The number of carbonyl (C=O) groups is 2. The van der Waals surface area contributed by atoms with Gasteiger partial charge in [-0.25, -0.2) is 4.79 Å². The standard InChI is InChI=1S/C16H21NO4/c1-12(21-13-8-4-3-5-9-13)15(18)17-11-7-6-10-14(17)16(19)20-2/h3-5,8-9,12,14H,6-7,10-11H2,1-2H3/t12?,14-/m1/s1. The number of methoxy groups -OCH3 is 1. The van der Waals surface area contributed by atoms with Gasteiger partial charge < -0.3 is 14.4 Å². The fourth-order valence-corrected chi connectivity index (χ4v) is 2.56. The van der Waals surface area contributed by atoms with E-state index in [1.807, 2.05) is 18.2 Å². The average Bonchev–Trinajstić information content (AvgIpc) is 2.54. The van der Waals surface area contributed by atoms with Crippen molar-refractivity contribution in [2.24, 2.45) is 0 Å². The number of ether oxygens (including phenoxy) is 2. The van der Waals surface area contributed by atoms with Crippen molar-refractivity contribution in [3.05, 3.63) is 30.3 Å². The molecule has 114 valence electrons. The monoisotopic (exact) mass is 291 g/mol. The zero-order chi connectivity index (χ0) is 15.2. The SMILES string of the molecule is COC(=O)[C@H]1CCCCN1C(=O)C(C)Oc1ccccc1. The lowest BCUT2D eigenvalue weighted by molar-refractivity contribution is -0.157. The van der Waals surface area contributed by atoms with E-state index in [1.165, 1.54) is 7.11 Å². The molecule has 1 aromatic rings. The highest BCUT2D eigenvalue weighted by Crippen LogP contribution is 2.20. The molecular formula is C16H21NO4. The van der Waals surface area contributed by atoms with Crippen molar-refractivity contribution in [1.82, 2.24) is 4.90 Å². The first kappa shape index (κ1) is 15.4. The number of piperidine rings is 1. The van der Waals surface area contributed by atoms with E-state index in [2.05, 4.69) is 0 Å². The summed E-state index contributed by atoms with van der Waals surface area (Å²) in [7, 11) is 1.35. The first-order valence-electron chi connectivity index (χ1n) is 7.23. The van der Waals surface area contributed by atoms with Gasteiger partial charge in [-0.2, -0.15) is 0 Å². The number of nitrogens with zero attached hydrogens (tertiary/aromatic N) is 1. The summed E-state index contributed by atoms with van der Waals surface area (Å²) >= 11 is 0. The summed E-state index contributed by atoms with van der Waals surface area (Å²) in [6.45, 7) is 2.28. The second-order valence-corrected chi connectivity index (χ2v) is 5.14. The van der Waals surface area contributed by atoms with E-state index in [0.717, 1.165) is 12.8 Å². The zero-order valence-electron chi connectivity index (χ0n) is 12.5. The summed E-state index contributed by atoms with van der Waals surface area (Å²) in [6.07, 6.45) is 1.85. The smallest absolute Gasteiger partial charge is 0.328 e. The van der Waals surface area contributed by atoms with Gasteiger partial charge in [-0.15, -0.1) is 0 Å². The minimum Gasteiger partial charge on any atom is -0.481 e. The van der Waals surface area contributed by atoms with Crippen LogP contribution in [0.5, 0.6) is 5.75 Å². The van der Waals surface area contributed by atoms with Gasteiger partial charge in [0.25, 0.3) is 5.91 Å². The largest absolute Gasteiger partial charge is 0.481 e. The van der Waals surface area contributed by atoms with Crippen LogP contribution in [0.15, 0.2) is 30.3 Å². The zero-order valence-corrected chi connectivity index (χ0v) is 12.5. The molecule has 2 atom stereocenters. The molecule has 1 aromatic carbocycles. The van der Waals surface area contributed by atoms with E-state index in [-0.39, 0.29) is 11.9 Å². The number of para-hydroxylation sites is 1. The van der Waals surface area contributed by atoms with Crippen LogP contribution in [0.4, 0.5) is 0 Å². The Labute approximate surface area is 124 Å². The van der Waals surface area contributed by atoms with Crippen molar-refractivity contribution in [3.63, 3.8) is 0 Å². The molecule has 1 fully saturated rings. The van der Waals surface area contributed by atoms with E-state index in [9.17, 15) is 9.59 Å². The molecule has 1 amide bonds. The molecule has 0 spiro atoms. The first-order valence-corrected chi connectivity index (χ1v) is 7.23. The summed E-state index contributed by atoms with van der Waals surface area (Å²) in [5.41, 5.74) is 0. The highest BCUT2D eigenvalue weighted by molar-refractivity contribution is 5.87. The molecule has 1 heterocycles. The molecule has 0 saturated carbocycles. The van der Waals surface area contributed by atoms with E-state index < -0.39 is 12.1 Å². The highest BCUT2D eigenvalue weighted by Gasteiger charge is 2.35. The molecule has 21 heavy (non-hydrogen) atoms. The molecule has 1 saturated heterocycles. The van der Waals surface area contributed by atoms with Crippen LogP contribution in [0, 0.1) is 0 Å². The summed E-state index contributed by atoms with van der Waals surface area (Å²) in [6, 6.07) is 8.71. The topological polar surface area (TPSA) is 55.8 Å². The molecule has 0 aromatic heterocycles. The third kappa shape index (κ3) is 3.74. The van der Waals surface area contributed by atoms with Crippen molar-refractivity contribution in [3.8, 4) is 5.75 Å². The molecule has 5 heteroatoms. The number of benzene rings is 1. The Morgan fingerprint density at radius 2 is 1.95 bits per heavy atom. The fraction of sp³-hybridized carbons (Fsp3) is 0.500. The lowest BCUT2D eigenvalue weighted by Gasteiger charge is -2.35. The van der Waals surface area contributed by atoms with Crippen LogP contribution in [0.25, 0.3) is 0 Å². The summed E-state index contributed by atoms with van der Waals surface area (Å²) < 4.78 is 10.4. The van der Waals surface area contributed by atoms with Crippen molar-refractivity contribution < 1.29 is 19.1 Å². The molecule has 1 aliphatic rings. The summed E-state index contributed by atoms with van der Waals surface area (Å²) in [5.74, 6) is 0.119. The number of esters is 1. The minimum atomic E-state index is -0.627. The highest BCUT2D eigenvalue weighted by atomic mass is 16.5. The van der Waals surface area contributed by atoms with Gasteiger partial charge in [0.05, 0.1) is 7.11 Å². The van der Waals surface area contributed by atoms with Gasteiger partial charge >= 0.3 is 5.97 Å². The Hall–Kier alpha value is -2.04. The Bertz CT molecular complexity index is 488. The predicted molar refractivity (Wildman–Crippen MR) is 77.9 cm³/mol. The lowest BCUT2D eigenvalue weighted by Crippen LogP contribution is -2.52. The maximum atomic E-state index is 12.5. The third-order valence-corrected chi connectivity index (χ3v) is 3.66. The molecule has 0 N–H and O–H groups in total. The van der Waals surface area contributed by atoms with Crippen molar-refractivity contribution in [2.45, 2.75) is 38.3 Å². The van der Waals surface area contributed by atoms with Crippen molar-refractivity contribution in [2.75, 3.05) is 13.7 Å². The molecule has 1 aliphatic heterocycles. The first-order chi connectivity index (χ1) is 10.1. The number of carbonyl (C=O) groups excluding carboxylic acids is 2. The van der Waals surface area contributed by atoms with Gasteiger partial charge in [0.1, 0.15) is 11.8 Å².